The van der Waals surface area contributed by atoms with Gasteiger partial charge in [-0.2, -0.15) is 0 Å². The van der Waals surface area contributed by atoms with E-state index in [1.165, 1.54) is 6.07 Å². The molecule has 0 aliphatic heterocycles. The summed E-state index contributed by atoms with van der Waals surface area (Å²) in [6.45, 7) is 2.37. The van der Waals surface area contributed by atoms with Gasteiger partial charge in [0, 0.05) is 6.54 Å². The first-order valence-electron chi connectivity index (χ1n) is 7.59. The van der Waals surface area contributed by atoms with Crippen molar-refractivity contribution in [3.05, 3.63) is 59.7 Å². The van der Waals surface area contributed by atoms with E-state index >= 15 is 0 Å². The summed E-state index contributed by atoms with van der Waals surface area (Å²) in [5, 5.41) is 2.79. The predicted octanol–water partition coefficient (Wildman–Crippen LogP) is 3.03. The number of nitrogens with two attached hydrogens (primary N) is 1. The fourth-order valence-electron chi connectivity index (χ4n) is 2.19. The number of halogens is 2. The van der Waals surface area contributed by atoms with E-state index in [4.69, 9.17) is 5.73 Å². The lowest BCUT2D eigenvalue weighted by molar-refractivity contribution is -0.122. The van der Waals surface area contributed by atoms with Crippen LogP contribution in [0.2, 0.25) is 0 Å². The monoisotopic (exact) mass is 318 g/mol. The molecule has 1 atom stereocenters. The molecule has 0 spiro atoms. The van der Waals surface area contributed by atoms with Crippen molar-refractivity contribution < 1.29 is 13.6 Å². The first-order chi connectivity index (χ1) is 11.0. The zero-order valence-electron chi connectivity index (χ0n) is 13.0. The van der Waals surface area contributed by atoms with Crippen molar-refractivity contribution in [1.82, 2.24) is 5.32 Å². The molecule has 0 aliphatic rings. The Morgan fingerprint density at radius 1 is 1.09 bits per heavy atom. The molecule has 3 nitrogen and oxygen atoms in total. The van der Waals surface area contributed by atoms with Crippen LogP contribution < -0.4 is 11.1 Å². The number of carbonyl (C=O) groups excluding carboxylic acids is 1. The molecule has 0 aromatic heterocycles. The molecule has 5 heteroatoms. The zero-order valence-corrected chi connectivity index (χ0v) is 13.0. The molecule has 1 unspecified atom stereocenters. The van der Waals surface area contributed by atoms with Crippen molar-refractivity contribution in [2.75, 3.05) is 6.54 Å². The maximum absolute atomic E-state index is 13.3. The fourth-order valence-corrected chi connectivity index (χ4v) is 2.19. The highest BCUT2D eigenvalue weighted by molar-refractivity contribution is 5.81. The fraction of sp³-hybridized carbons (Fsp3) is 0.278. The van der Waals surface area contributed by atoms with E-state index in [0.29, 0.717) is 24.9 Å². The van der Waals surface area contributed by atoms with E-state index in [0.717, 1.165) is 17.2 Å². The number of hydrogen-bond donors (Lipinski definition) is 2. The van der Waals surface area contributed by atoms with Gasteiger partial charge in [-0.15, -0.1) is 0 Å². The minimum absolute atomic E-state index is 0.147. The van der Waals surface area contributed by atoms with Gasteiger partial charge in [-0.3, -0.25) is 4.79 Å². The molecule has 23 heavy (non-hydrogen) atoms. The molecule has 122 valence electrons. The first-order valence-corrected chi connectivity index (χ1v) is 7.59. The average Bonchev–Trinajstić information content (AvgIpc) is 2.57. The molecule has 1 amide bonds. The summed E-state index contributed by atoms with van der Waals surface area (Å²) < 4.78 is 26.2. The van der Waals surface area contributed by atoms with Crippen LogP contribution >= 0.6 is 0 Å². The van der Waals surface area contributed by atoms with E-state index in [9.17, 15) is 13.6 Å². The third kappa shape index (κ3) is 4.60. The molecule has 0 radical (unpaired) electrons. The average molecular weight is 318 g/mol. The van der Waals surface area contributed by atoms with Gasteiger partial charge in [0.1, 0.15) is 0 Å². The maximum Gasteiger partial charge on any atom is 0.236 e. The highest BCUT2D eigenvalue weighted by atomic mass is 19.2. The number of nitrogens with one attached hydrogen (secondary N) is 1. The smallest absolute Gasteiger partial charge is 0.236 e. The van der Waals surface area contributed by atoms with E-state index in [-0.39, 0.29) is 5.91 Å². The Hall–Kier alpha value is -2.27. The first kappa shape index (κ1) is 17.1. The molecule has 0 saturated heterocycles. The molecule has 0 fully saturated rings. The van der Waals surface area contributed by atoms with Crippen molar-refractivity contribution in [2.24, 2.45) is 5.73 Å². The van der Waals surface area contributed by atoms with E-state index in [1.807, 2.05) is 31.2 Å². The van der Waals surface area contributed by atoms with E-state index < -0.39 is 17.7 Å². The van der Waals surface area contributed by atoms with Crippen LogP contribution in [0.5, 0.6) is 0 Å². The summed E-state index contributed by atoms with van der Waals surface area (Å²) in [6.07, 6.45) is 1.29. The molecule has 2 rings (SSSR count). The van der Waals surface area contributed by atoms with E-state index in [2.05, 4.69) is 5.32 Å². The second-order valence-electron chi connectivity index (χ2n) is 5.38. The Morgan fingerprint density at radius 3 is 2.35 bits per heavy atom. The minimum Gasteiger partial charge on any atom is -0.354 e. The second-order valence-corrected chi connectivity index (χ2v) is 5.38. The molecular weight excluding hydrogens is 298 g/mol. The standard InChI is InChI=1S/C18H20F2N2O/c1-2-17(21)18(23)22-10-9-12-3-5-13(6-4-12)14-7-8-15(19)16(20)11-14/h3-8,11,17H,2,9-10,21H2,1H3,(H,22,23). The van der Waals surface area contributed by atoms with Crippen molar-refractivity contribution in [1.29, 1.82) is 0 Å². The van der Waals surface area contributed by atoms with Crippen LogP contribution in [0.25, 0.3) is 11.1 Å². The molecule has 3 N–H and O–H groups in total. The van der Waals surface area contributed by atoms with Gasteiger partial charge in [0.2, 0.25) is 5.91 Å². The van der Waals surface area contributed by atoms with Gasteiger partial charge >= 0.3 is 0 Å². The molecule has 0 bridgehead atoms. The van der Waals surface area contributed by atoms with Gasteiger partial charge in [-0.25, -0.2) is 8.78 Å². The predicted molar refractivity (Wildman–Crippen MR) is 86.8 cm³/mol. The lowest BCUT2D eigenvalue weighted by Crippen LogP contribution is -2.40. The summed E-state index contributed by atoms with van der Waals surface area (Å²) in [5.74, 6) is -1.86. The van der Waals surface area contributed by atoms with Crippen LogP contribution in [-0.2, 0) is 11.2 Å². The van der Waals surface area contributed by atoms with Gasteiger partial charge in [-0.05, 0) is 41.7 Å². The van der Waals surface area contributed by atoms with E-state index in [1.54, 1.807) is 6.07 Å². The van der Waals surface area contributed by atoms with Crippen molar-refractivity contribution >= 4 is 5.91 Å². The number of hydrogen-bond acceptors (Lipinski definition) is 2. The lowest BCUT2D eigenvalue weighted by atomic mass is 10.0. The molecule has 2 aromatic carbocycles. The van der Waals surface area contributed by atoms with Crippen molar-refractivity contribution in [3.63, 3.8) is 0 Å². The summed E-state index contributed by atoms with van der Waals surface area (Å²) in [6, 6.07) is 10.9. The normalized spacial score (nSPS) is 12.0. The Labute approximate surface area is 134 Å². The number of benzene rings is 2. The highest BCUT2D eigenvalue weighted by Crippen LogP contribution is 2.22. The lowest BCUT2D eigenvalue weighted by Gasteiger charge is -2.10. The highest BCUT2D eigenvalue weighted by Gasteiger charge is 2.09. The van der Waals surface area contributed by atoms with Gasteiger partial charge < -0.3 is 11.1 Å². The number of amides is 1. The van der Waals surface area contributed by atoms with Crippen LogP contribution in [0.3, 0.4) is 0 Å². The largest absolute Gasteiger partial charge is 0.354 e. The summed E-state index contributed by atoms with van der Waals surface area (Å²) in [7, 11) is 0. The van der Waals surface area contributed by atoms with Crippen LogP contribution in [0.15, 0.2) is 42.5 Å². The molecule has 2 aromatic rings. The van der Waals surface area contributed by atoms with Gasteiger partial charge in [0.25, 0.3) is 0 Å². The molecule has 0 saturated carbocycles. The second kappa shape index (κ2) is 7.83. The summed E-state index contributed by atoms with van der Waals surface area (Å²) in [4.78, 5) is 11.6. The third-order valence-electron chi connectivity index (χ3n) is 3.70. The molecular formula is C18H20F2N2O. The zero-order chi connectivity index (χ0) is 16.8. The Kier molecular flexibility index (Phi) is 5.82. The Balaban J connectivity index is 1.94. The number of carbonyl (C=O) groups is 1. The van der Waals surface area contributed by atoms with Crippen LogP contribution in [-0.4, -0.2) is 18.5 Å². The Bertz CT molecular complexity index is 671. The third-order valence-corrected chi connectivity index (χ3v) is 3.70. The minimum atomic E-state index is -0.860. The van der Waals surface area contributed by atoms with Crippen molar-refractivity contribution in [2.45, 2.75) is 25.8 Å². The topological polar surface area (TPSA) is 55.1 Å². The number of rotatable bonds is 6. The summed E-state index contributed by atoms with van der Waals surface area (Å²) >= 11 is 0. The molecule has 0 aliphatic carbocycles. The van der Waals surface area contributed by atoms with Crippen LogP contribution in [0.1, 0.15) is 18.9 Å². The van der Waals surface area contributed by atoms with Gasteiger partial charge in [0.15, 0.2) is 11.6 Å². The van der Waals surface area contributed by atoms with Crippen molar-refractivity contribution in [3.8, 4) is 11.1 Å². The van der Waals surface area contributed by atoms with Gasteiger partial charge in [-0.1, -0.05) is 37.3 Å². The van der Waals surface area contributed by atoms with Gasteiger partial charge in [0.05, 0.1) is 6.04 Å². The quantitative estimate of drug-likeness (QED) is 0.860. The van der Waals surface area contributed by atoms with Crippen LogP contribution in [0.4, 0.5) is 8.78 Å². The Morgan fingerprint density at radius 2 is 1.74 bits per heavy atom. The molecule has 0 heterocycles. The maximum atomic E-state index is 13.3. The summed E-state index contributed by atoms with van der Waals surface area (Å²) in [5.41, 5.74) is 8.11. The SMILES string of the molecule is CCC(N)C(=O)NCCc1ccc(-c2ccc(F)c(F)c2)cc1. The van der Waals surface area contributed by atoms with Crippen LogP contribution in [0, 0.1) is 11.6 Å².